The second-order valence-electron chi connectivity index (χ2n) is 6.24. The number of likely N-dealkylation sites (tertiary alicyclic amines) is 1. The van der Waals surface area contributed by atoms with Crippen LogP contribution in [0, 0.1) is 5.92 Å². The van der Waals surface area contributed by atoms with Gasteiger partial charge in [0.1, 0.15) is 0 Å². The lowest BCUT2D eigenvalue weighted by Gasteiger charge is -2.26. The van der Waals surface area contributed by atoms with Crippen LogP contribution in [0.2, 0.25) is 0 Å². The smallest absolute Gasteiger partial charge is 0.251 e. The highest BCUT2D eigenvalue weighted by Crippen LogP contribution is 2.13. The van der Waals surface area contributed by atoms with Crippen molar-refractivity contribution in [1.82, 2.24) is 15.2 Å². The Hall–Kier alpha value is -1.46. The van der Waals surface area contributed by atoms with E-state index in [9.17, 15) is 9.90 Å². The molecule has 0 bridgehead atoms. The molecule has 1 unspecified atom stereocenters. The first-order chi connectivity index (χ1) is 10.0. The van der Waals surface area contributed by atoms with Gasteiger partial charge in [-0.25, -0.2) is 0 Å². The molecule has 0 spiro atoms. The molecule has 0 saturated carbocycles. The standard InChI is InChI=1S/C16H25N3O2/c1-12(2)9-14(10-19-8-5-15(20)11-19)18-16(21)13-3-6-17-7-4-13/h3-4,6-7,12,14-15,20H,5,8-11H2,1-2H3,(H,18,21)/t14-,15?/m0/s1. The molecule has 5 nitrogen and oxygen atoms in total. The number of carbonyl (C=O) groups excluding carboxylic acids is 1. The highest BCUT2D eigenvalue weighted by Gasteiger charge is 2.24. The van der Waals surface area contributed by atoms with Crippen LogP contribution in [0.1, 0.15) is 37.0 Å². The van der Waals surface area contributed by atoms with Crippen LogP contribution >= 0.6 is 0 Å². The van der Waals surface area contributed by atoms with Crippen LogP contribution in [-0.4, -0.2) is 52.7 Å². The first-order valence-corrected chi connectivity index (χ1v) is 7.66. The topological polar surface area (TPSA) is 65.5 Å². The van der Waals surface area contributed by atoms with Crippen LogP contribution in [0.25, 0.3) is 0 Å². The predicted octanol–water partition coefficient (Wildman–Crippen LogP) is 1.29. The lowest BCUT2D eigenvalue weighted by Crippen LogP contribution is -2.44. The average molecular weight is 291 g/mol. The van der Waals surface area contributed by atoms with Crippen LogP contribution in [0.5, 0.6) is 0 Å². The highest BCUT2D eigenvalue weighted by atomic mass is 16.3. The number of carbonyl (C=O) groups is 1. The van der Waals surface area contributed by atoms with Gasteiger partial charge in [-0.1, -0.05) is 13.8 Å². The summed E-state index contributed by atoms with van der Waals surface area (Å²) in [6.45, 7) is 6.72. The van der Waals surface area contributed by atoms with Gasteiger partial charge in [-0.15, -0.1) is 0 Å². The van der Waals surface area contributed by atoms with E-state index in [0.29, 0.717) is 18.0 Å². The minimum Gasteiger partial charge on any atom is -0.392 e. The Kier molecular flexibility index (Phi) is 5.70. The maximum Gasteiger partial charge on any atom is 0.251 e. The zero-order chi connectivity index (χ0) is 15.2. The molecule has 5 heteroatoms. The number of pyridine rings is 1. The fraction of sp³-hybridized carbons (Fsp3) is 0.625. The number of β-amino-alcohol motifs (C(OH)–C–C–N with tert-alkyl or cyclic N) is 1. The number of aliphatic hydroxyl groups excluding tert-OH is 1. The molecule has 1 fully saturated rings. The SMILES string of the molecule is CC(C)C[C@@H](CN1CCC(O)C1)NC(=O)c1ccncc1. The third-order valence-corrected chi connectivity index (χ3v) is 3.76. The van der Waals surface area contributed by atoms with E-state index in [0.717, 1.165) is 25.9 Å². The van der Waals surface area contributed by atoms with Crippen molar-refractivity contribution in [3.63, 3.8) is 0 Å². The lowest BCUT2D eigenvalue weighted by molar-refractivity contribution is 0.0919. The Balaban J connectivity index is 1.94. The first kappa shape index (κ1) is 15.9. The van der Waals surface area contributed by atoms with Gasteiger partial charge in [0.25, 0.3) is 5.91 Å². The Morgan fingerprint density at radius 1 is 1.48 bits per heavy atom. The minimum atomic E-state index is -0.222. The van der Waals surface area contributed by atoms with Crippen molar-refractivity contribution in [1.29, 1.82) is 0 Å². The molecule has 1 saturated heterocycles. The summed E-state index contributed by atoms with van der Waals surface area (Å²) in [4.78, 5) is 18.4. The zero-order valence-corrected chi connectivity index (χ0v) is 12.8. The Morgan fingerprint density at radius 2 is 2.19 bits per heavy atom. The van der Waals surface area contributed by atoms with E-state index >= 15 is 0 Å². The molecule has 1 aliphatic heterocycles. The lowest BCUT2D eigenvalue weighted by atomic mass is 10.0. The number of nitrogens with zero attached hydrogens (tertiary/aromatic N) is 2. The number of aromatic nitrogens is 1. The molecule has 0 aromatic carbocycles. The van der Waals surface area contributed by atoms with Gasteiger partial charge in [0.2, 0.25) is 0 Å². The number of rotatable bonds is 6. The summed E-state index contributed by atoms with van der Waals surface area (Å²) in [7, 11) is 0. The van der Waals surface area contributed by atoms with Crippen molar-refractivity contribution in [2.45, 2.75) is 38.8 Å². The van der Waals surface area contributed by atoms with Crippen LogP contribution in [0.4, 0.5) is 0 Å². The molecule has 1 aromatic rings. The molecular formula is C16H25N3O2. The van der Waals surface area contributed by atoms with Gasteiger partial charge in [0.05, 0.1) is 6.10 Å². The van der Waals surface area contributed by atoms with Crippen molar-refractivity contribution in [3.05, 3.63) is 30.1 Å². The molecule has 116 valence electrons. The number of aliphatic hydroxyl groups is 1. The van der Waals surface area contributed by atoms with Gasteiger partial charge in [-0.3, -0.25) is 14.7 Å². The maximum absolute atomic E-state index is 12.3. The van der Waals surface area contributed by atoms with Gasteiger partial charge >= 0.3 is 0 Å². The molecule has 2 rings (SSSR count). The molecule has 0 aliphatic carbocycles. The van der Waals surface area contributed by atoms with E-state index in [1.165, 1.54) is 0 Å². The minimum absolute atomic E-state index is 0.0530. The predicted molar refractivity (Wildman–Crippen MR) is 82.0 cm³/mol. The normalized spacial score (nSPS) is 20.7. The van der Waals surface area contributed by atoms with Crippen molar-refractivity contribution in [2.24, 2.45) is 5.92 Å². The van der Waals surface area contributed by atoms with Gasteiger partial charge < -0.3 is 10.4 Å². The van der Waals surface area contributed by atoms with Crippen LogP contribution in [0.3, 0.4) is 0 Å². The van der Waals surface area contributed by atoms with E-state index in [4.69, 9.17) is 0 Å². The molecule has 0 radical (unpaired) electrons. The quantitative estimate of drug-likeness (QED) is 0.829. The van der Waals surface area contributed by atoms with Gasteiger partial charge in [-0.05, 0) is 30.9 Å². The summed E-state index contributed by atoms with van der Waals surface area (Å²) in [6, 6.07) is 3.55. The average Bonchev–Trinajstić information content (AvgIpc) is 2.84. The molecule has 2 atom stereocenters. The molecule has 1 aromatic heterocycles. The third-order valence-electron chi connectivity index (χ3n) is 3.76. The summed E-state index contributed by atoms with van der Waals surface area (Å²) < 4.78 is 0. The van der Waals surface area contributed by atoms with Gasteiger partial charge in [0, 0.05) is 43.6 Å². The Morgan fingerprint density at radius 3 is 2.76 bits per heavy atom. The highest BCUT2D eigenvalue weighted by molar-refractivity contribution is 5.94. The first-order valence-electron chi connectivity index (χ1n) is 7.66. The molecule has 1 amide bonds. The van der Waals surface area contributed by atoms with E-state index < -0.39 is 0 Å². The third kappa shape index (κ3) is 5.10. The molecular weight excluding hydrogens is 266 g/mol. The fourth-order valence-electron chi connectivity index (χ4n) is 2.81. The Bertz CT molecular complexity index is 450. The summed E-state index contributed by atoms with van der Waals surface area (Å²) in [6.07, 6.45) is 4.79. The molecule has 2 N–H and O–H groups in total. The van der Waals surface area contributed by atoms with E-state index in [2.05, 4.69) is 29.0 Å². The van der Waals surface area contributed by atoms with Crippen LogP contribution < -0.4 is 5.32 Å². The van der Waals surface area contributed by atoms with Crippen molar-refractivity contribution in [3.8, 4) is 0 Å². The second-order valence-corrected chi connectivity index (χ2v) is 6.24. The van der Waals surface area contributed by atoms with Crippen LogP contribution in [-0.2, 0) is 0 Å². The van der Waals surface area contributed by atoms with Crippen molar-refractivity contribution in [2.75, 3.05) is 19.6 Å². The molecule has 1 aliphatic rings. The number of amides is 1. The monoisotopic (exact) mass is 291 g/mol. The molecule has 21 heavy (non-hydrogen) atoms. The van der Waals surface area contributed by atoms with Crippen molar-refractivity contribution >= 4 is 5.91 Å². The maximum atomic E-state index is 12.3. The van der Waals surface area contributed by atoms with Gasteiger partial charge in [0.15, 0.2) is 0 Å². The van der Waals surface area contributed by atoms with E-state index in [1.807, 2.05) is 0 Å². The number of nitrogens with one attached hydrogen (secondary N) is 1. The Labute approximate surface area is 126 Å². The molecule has 2 heterocycles. The summed E-state index contributed by atoms with van der Waals surface area (Å²) in [5.41, 5.74) is 0.639. The van der Waals surface area contributed by atoms with E-state index in [1.54, 1.807) is 24.5 Å². The largest absolute Gasteiger partial charge is 0.392 e. The number of hydrogen-bond acceptors (Lipinski definition) is 4. The van der Waals surface area contributed by atoms with Gasteiger partial charge in [-0.2, -0.15) is 0 Å². The van der Waals surface area contributed by atoms with Crippen LogP contribution in [0.15, 0.2) is 24.5 Å². The van der Waals surface area contributed by atoms with E-state index in [-0.39, 0.29) is 18.1 Å². The van der Waals surface area contributed by atoms with Crippen molar-refractivity contribution < 1.29 is 9.90 Å². The summed E-state index contributed by atoms with van der Waals surface area (Å²) >= 11 is 0. The summed E-state index contributed by atoms with van der Waals surface area (Å²) in [5.74, 6) is 0.461. The fourth-order valence-corrected chi connectivity index (χ4v) is 2.81. The number of hydrogen-bond donors (Lipinski definition) is 2. The summed E-state index contributed by atoms with van der Waals surface area (Å²) in [5, 5.41) is 12.7. The second kappa shape index (κ2) is 7.52. The zero-order valence-electron chi connectivity index (χ0n) is 12.8.